The Morgan fingerprint density at radius 1 is 0.946 bits per heavy atom. The fraction of sp³-hybridized carbons (Fsp3) is 0.423. The summed E-state index contributed by atoms with van der Waals surface area (Å²) in [6.07, 6.45) is 3.54. The highest BCUT2D eigenvalue weighted by molar-refractivity contribution is 7.88. The smallest absolute Gasteiger partial charge is 0.229 e. The molecule has 0 aliphatic carbocycles. The first-order chi connectivity index (χ1) is 17.5. The van der Waals surface area contributed by atoms with Crippen LogP contribution < -0.4 is 15.5 Å². The van der Waals surface area contributed by atoms with Crippen LogP contribution in [-0.4, -0.2) is 56.3 Å². The van der Waals surface area contributed by atoms with Crippen molar-refractivity contribution in [1.29, 1.82) is 0 Å². The van der Waals surface area contributed by atoms with Gasteiger partial charge in [-0.2, -0.15) is 0 Å². The molecular weight excluding hydrogens is 516 g/mol. The molecule has 37 heavy (non-hydrogen) atoms. The zero-order valence-corrected chi connectivity index (χ0v) is 22.4. The van der Waals surface area contributed by atoms with E-state index in [2.05, 4.69) is 17.6 Å². The Morgan fingerprint density at radius 3 is 1.92 bits per heavy atom. The Balaban J connectivity index is 1.45. The van der Waals surface area contributed by atoms with Crippen LogP contribution in [0.4, 0.5) is 17.1 Å². The molecule has 198 valence electrons. The van der Waals surface area contributed by atoms with Gasteiger partial charge in [-0.1, -0.05) is 24.9 Å². The minimum absolute atomic E-state index is 0.0922. The monoisotopic (exact) mass is 546 g/mol. The van der Waals surface area contributed by atoms with E-state index in [-0.39, 0.29) is 19.0 Å². The van der Waals surface area contributed by atoms with Crippen molar-refractivity contribution in [2.24, 2.45) is 17.8 Å². The third-order valence-corrected chi connectivity index (χ3v) is 8.58. The number of anilines is 3. The SMILES string of the molecule is CCC1CCN(c2ccc(NC(=O)[C@H]3CN(S(C)(=O)=O)C[C@@H]3C(=O)Nc3ccc(Cl)cc3)cc2)C(=O)C1. The molecular formula is C26H31ClN4O5S. The highest BCUT2D eigenvalue weighted by Gasteiger charge is 2.44. The molecule has 2 aliphatic heterocycles. The standard InChI is InChI=1S/C26H31ClN4O5S/c1-3-17-12-13-31(24(32)14-17)21-10-8-20(9-11-21)29-26(34)23-16-30(37(2,35)36)15-22(23)25(33)28-19-6-4-18(27)5-7-19/h4-11,17,22-23H,3,12-16H2,1-2H3,(H,28,33)(H,29,34)/t17?,22-,23-/m0/s1. The molecule has 4 rings (SSSR count). The van der Waals surface area contributed by atoms with E-state index in [0.29, 0.717) is 35.3 Å². The molecule has 2 aromatic carbocycles. The first-order valence-corrected chi connectivity index (χ1v) is 14.5. The molecule has 2 aliphatic rings. The Kier molecular flexibility index (Phi) is 8.20. The number of amides is 3. The van der Waals surface area contributed by atoms with Crippen LogP contribution in [-0.2, 0) is 24.4 Å². The van der Waals surface area contributed by atoms with E-state index in [9.17, 15) is 22.8 Å². The summed E-state index contributed by atoms with van der Waals surface area (Å²) >= 11 is 5.90. The van der Waals surface area contributed by atoms with Crippen LogP contribution in [0.1, 0.15) is 26.2 Å². The fourth-order valence-corrected chi connectivity index (χ4v) is 5.80. The highest BCUT2D eigenvalue weighted by Crippen LogP contribution is 2.30. The van der Waals surface area contributed by atoms with E-state index in [4.69, 9.17) is 11.6 Å². The Labute approximate surface area is 222 Å². The van der Waals surface area contributed by atoms with Gasteiger partial charge < -0.3 is 15.5 Å². The highest BCUT2D eigenvalue weighted by atomic mass is 35.5. The predicted molar refractivity (Wildman–Crippen MR) is 144 cm³/mol. The van der Waals surface area contributed by atoms with Crippen molar-refractivity contribution in [2.45, 2.75) is 26.2 Å². The largest absolute Gasteiger partial charge is 0.326 e. The lowest BCUT2D eigenvalue weighted by Gasteiger charge is -2.31. The summed E-state index contributed by atoms with van der Waals surface area (Å²) in [4.78, 5) is 40.5. The number of carbonyl (C=O) groups excluding carboxylic acids is 3. The molecule has 2 heterocycles. The molecule has 2 saturated heterocycles. The average Bonchev–Trinajstić information content (AvgIpc) is 3.33. The number of hydrogen-bond acceptors (Lipinski definition) is 5. The van der Waals surface area contributed by atoms with Crippen molar-refractivity contribution < 1.29 is 22.8 Å². The average molecular weight is 547 g/mol. The van der Waals surface area contributed by atoms with Gasteiger partial charge in [-0.25, -0.2) is 12.7 Å². The van der Waals surface area contributed by atoms with Gasteiger partial charge in [0.1, 0.15) is 0 Å². The van der Waals surface area contributed by atoms with E-state index in [1.54, 1.807) is 53.4 Å². The van der Waals surface area contributed by atoms with Crippen molar-refractivity contribution in [1.82, 2.24) is 4.31 Å². The molecule has 2 N–H and O–H groups in total. The number of benzene rings is 2. The second-order valence-corrected chi connectivity index (χ2v) is 12.1. The summed E-state index contributed by atoms with van der Waals surface area (Å²) in [6, 6.07) is 13.5. The van der Waals surface area contributed by atoms with E-state index < -0.39 is 33.7 Å². The number of nitrogens with zero attached hydrogens (tertiary/aromatic N) is 2. The summed E-state index contributed by atoms with van der Waals surface area (Å²) in [5.41, 5.74) is 1.76. The van der Waals surface area contributed by atoms with Crippen LogP contribution in [0.25, 0.3) is 0 Å². The van der Waals surface area contributed by atoms with Crippen LogP contribution in [0, 0.1) is 17.8 Å². The van der Waals surface area contributed by atoms with E-state index >= 15 is 0 Å². The first-order valence-electron chi connectivity index (χ1n) is 12.3. The number of sulfonamides is 1. The molecule has 0 radical (unpaired) electrons. The summed E-state index contributed by atoms with van der Waals surface area (Å²) < 4.78 is 25.5. The topological polar surface area (TPSA) is 116 Å². The number of carbonyl (C=O) groups is 3. The van der Waals surface area contributed by atoms with Gasteiger partial charge in [0.05, 0.1) is 18.1 Å². The molecule has 9 nitrogen and oxygen atoms in total. The predicted octanol–water partition coefficient (Wildman–Crippen LogP) is 3.58. The van der Waals surface area contributed by atoms with Gasteiger partial charge in [0.15, 0.2) is 0 Å². The molecule has 0 saturated carbocycles. The quantitative estimate of drug-likeness (QED) is 0.550. The van der Waals surface area contributed by atoms with Gasteiger partial charge in [0.2, 0.25) is 27.7 Å². The normalized spacial score (nSPS) is 22.6. The van der Waals surface area contributed by atoms with Gasteiger partial charge in [-0.15, -0.1) is 0 Å². The van der Waals surface area contributed by atoms with Crippen molar-refractivity contribution in [3.05, 3.63) is 53.6 Å². The lowest BCUT2D eigenvalue weighted by molar-refractivity contribution is -0.127. The van der Waals surface area contributed by atoms with Gasteiger partial charge in [-0.3, -0.25) is 14.4 Å². The summed E-state index contributed by atoms with van der Waals surface area (Å²) in [5.74, 6) is -2.13. The molecule has 0 bridgehead atoms. The maximum absolute atomic E-state index is 13.2. The summed E-state index contributed by atoms with van der Waals surface area (Å²) in [6.45, 7) is 2.57. The summed E-state index contributed by atoms with van der Waals surface area (Å²) in [5, 5.41) is 6.07. The number of halogens is 1. The minimum atomic E-state index is -3.60. The van der Waals surface area contributed by atoms with Gasteiger partial charge in [-0.05, 0) is 60.9 Å². The second-order valence-electron chi connectivity index (χ2n) is 9.64. The number of piperidine rings is 1. The van der Waals surface area contributed by atoms with Crippen LogP contribution in [0.5, 0.6) is 0 Å². The third kappa shape index (κ3) is 6.49. The lowest BCUT2D eigenvalue weighted by Crippen LogP contribution is -2.38. The van der Waals surface area contributed by atoms with E-state index in [1.165, 1.54) is 0 Å². The Hall–Kier alpha value is -2.95. The maximum atomic E-state index is 13.2. The molecule has 2 fully saturated rings. The number of hydrogen-bond donors (Lipinski definition) is 2. The number of rotatable bonds is 7. The van der Waals surface area contributed by atoms with Crippen molar-refractivity contribution in [3.8, 4) is 0 Å². The zero-order valence-electron chi connectivity index (χ0n) is 20.8. The zero-order chi connectivity index (χ0) is 26.7. The molecule has 0 aromatic heterocycles. The molecule has 2 aromatic rings. The Bertz CT molecular complexity index is 1270. The molecule has 11 heteroatoms. The fourth-order valence-electron chi connectivity index (χ4n) is 4.81. The van der Waals surface area contributed by atoms with Crippen molar-refractivity contribution in [2.75, 3.05) is 41.4 Å². The number of nitrogens with one attached hydrogen (secondary N) is 2. The third-order valence-electron chi connectivity index (χ3n) is 7.09. The first kappa shape index (κ1) is 27.1. The van der Waals surface area contributed by atoms with E-state index in [1.807, 2.05) is 0 Å². The molecule has 3 atom stereocenters. The van der Waals surface area contributed by atoms with Crippen LogP contribution in [0.3, 0.4) is 0 Å². The van der Waals surface area contributed by atoms with Crippen LogP contribution in [0.15, 0.2) is 48.5 Å². The van der Waals surface area contributed by atoms with Crippen LogP contribution >= 0.6 is 11.6 Å². The van der Waals surface area contributed by atoms with Gasteiger partial charge in [0, 0.05) is 48.1 Å². The molecule has 1 unspecified atom stereocenters. The van der Waals surface area contributed by atoms with Crippen molar-refractivity contribution >= 4 is 56.4 Å². The van der Waals surface area contributed by atoms with Gasteiger partial charge >= 0.3 is 0 Å². The van der Waals surface area contributed by atoms with E-state index in [0.717, 1.165) is 29.1 Å². The maximum Gasteiger partial charge on any atom is 0.229 e. The second kappa shape index (κ2) is 11.2. The molecule has 0 spiro atoms. The minimum Gasteiger partial charge on any atom is -0.326 e. The Morgan fingerprint density at radius 2 is 1.46 bits per heavy atom. The summed E-state index contributed by atoms with van der Waals surface area (Å²) in [7, 11) is -3.60. The van der Waals surface area contributed by atoms with Gasteiger partial charge in [0.25, 0.3) is 0 Å². The lowest BCUT2D eigenvalue weighted by atomic mass is 9.93. The van der Waals surface area contributed by atoms with Crippen LogP contribution in [0.2, 0.25) is 5.02 Å². The molecule has 3 amide bonds. The van der Waals surface area contributed by atoms with Crippen molar-refractivity contribution in [3.63, 3.8) is 0 Å².